The van der Waals surface area contributed by atoms with Crippen molar-refractivity contribution in [1.82, 2.24) is 0 Å². The Labute approximate surface area is 106 Å². The van der Waals surface area contributed by atoms with Crippen molar-refractivity contribution in [2.75, 3.05) is 6.26 Å². The smallest absolute Gasteiger partial charge is 0.426 e. The molecule has 0 saturated carbocycles. The molecule has 0 amide bonds. The van der Waals surface area contributed by atoms with Crippen molar-refractivity contribution in [1.29, 1.82) is 0 Å². The van der Waals surface area contributed by atoms with E-state index in [1.807, 2.05) is 36.6 Å². The molecule has 0 aromatic heterocycles. The van der Waals surface area contributed by atoms with Crippen molar-refractivity contribution < 1.29 is 10.0 Å². The Morgan fingerprint density at radius 3 is 2.41 bits per heavy atom. The lowest BCUT2D eigenvalue weighted by molar-refractivity contribution is 0.389. The van der Waals surface area contributed by atoms with Gasteiger partial charge in [-0.05, 0) is 23.8 Å². The van der Waals surface area contributed by atoms with Gasteiger partial charge in [0.25, 0.3) is 0 Å². The molecule has 2 nitrogen and oxygen atoms in total. The van der Waals surface area contributed by atoms with Gasteiger partial charge in [0.15, 0.2) is 0 Å². The summed E-state index contributed by atoms with van der Waals surface area (Å²) in [6.07, 6.45) is 8.45. The number of rotatable bonds is 3. The van der Waals surface area contributed by atoms with Crippen molar-refractivity contribution in [3.63, 3.8) is 0 Å². The second-order valence-corrected chi connectivity index (χ2v) is 5.26. The molecule has 0 aliphatic heterocycles. The Hall–Kier alpha value is -0.965. The molecular formula is C13H15BO2S. The van der Waals surface area contributed by atoms with Crippen molar-refractivity contribution in [2.24, 2.45) is 0 Å². The van der Waals surface area contributed by atoms with E-state index >= 15 is 0 Å². The van der Waals surface area contributed by atoms with Gasteiger partial charge in [0.05, 0.1) is 4.65 Å². The summed E-state index contributed by atoms with van der Waals surface area (Å²) >= 11 is 1.47. The Morgan fingerprint density at radius 1 is 1.24 bits per heavy atom. The predicted molar refractivity (Wildman–Crippen MR) is 74.6 cm³/mol. The highest BCUT2D eigenvalue weighted by Crippen LogP contribution is 2.36. The van der Waals surface area contributed by atoms with E-state index in [-0.39, 0.29) is 0 Å². The maximum absolute atomic E-state index is 9.44. The molecule has 4 heteroatoms. The van der Waals surface area contributed by atoms with E-state index in [1.165, 1.54) is 11.8 Å². The van der Waals surface area contributed by atoms with Crippen LogP contribution in [0.3, 0.4) is 0 Å². The van der Waals surface area contributed by atoms with Crippen molar-refractivity contribution in [3.8, 4) is 0 Å². The van der Waals surface area contributed by atoms with Crippen LogP contribution in [0, 0.1) is 0 Å². The van der Waals surface area contributed by atoms with E-state index < -0.39 is 11.8 Å². The number of benzene rings is 1. The predicted octanol–water partition coefficient (Wildman–Crippen LogP) is 2.14. The molecule has 1 aromatic rings. The standard InChI is InChI=1S/C13H15BO2S/c1-17-13(14(15)16)9-7-12(8-10-13)11-5-3-2-4-6-11/h2-9,15-16H,10H2,1H3. The van der Waals surface area contributed by atoms with Crippen molar-refractivity contribution in [3.05, 3.63) is 54.1 Å². The van der Waals surface area contributed by atoms with Crippen LogP contribution in [0.4, 0.5) is 0 Å². The van der Waals surface area contributed by atoms with Gasteiger partial charge >= 0.3 is 7.12 Å². The third-order valence-corrected chi connectivity index (χ3v) is 4.38. The minimum Gasteiger partial charge on any atom is -0.426 e. The van der Waals surface area contributed by atoms with Crippen LogP contribution in [-0.4, -0.2) is 28.1 Å². The maximum atomic E-state index is 9.44. The monoisotopic (exact) mass is 246 g/mol. The molecular weight excluding hydrogens is 231 g/mol. The molecule has 0 bridgehead atoms. The Kier molecular flexibility index (Phi) is 3.77. The lowest BCUT2D eigenvalue weighted by atomic mass is 9.67. The summed E-state index contributed by atoms with van der Waals surface area (Å²) in [4.78, 5) is 0. The molecule has 0 heterocycles. The Morgan fingerprint density at radius 2 is 1.94 bits per heavy atom. The molecule has 0 radical (unpaired) electrons. The number of hydrogen-bond acceptors (Lipinski definition) is 3. The average molecular weight is 246 g/mol. The van der Waals surface area contributed by atoms with Crippen LogP contribution in [0.1, 0.15) is 12.0 Å². The maximum Gasteiger partial charge on any atom is 0.473 e. The Bertz CT molecular complexity index is 442. The first-order valence-electron chi connectivity index (χ1n) is 5.54. The van der Waals surface area contributed by atoms with Gasteiger partial charge in [0, 0.05) is 0 Å². The number of hydrogen-bond donors (Lipinski definition) is 2. The minimum absolute atomic E-state index is 0.599. The fourth-order valence-electron chi connectivity index (χ4n) is 1.93. The molecule has 0 saturated heterocycles. The second kappa shape index (κ2) is 5.13. The van der Waals surface area contributed by atoms with Gasteiger partial charge in [0.1, 0.15) is 0 Å². The van der Waals surface area contributed by atoms with Crippen LogP contribution in [0.15, 0.2) is 48.6 Å². The molecule has 1 aromatic carbocycles. The zero-order valence-electron chi connectivity index (χ0n) is 9.71. The van der Waals surface area contributed by atoms with Gasteiger partial charge in [-0.1, -0.05) is 48.6 Å². The van der Waals surface area contributed by atoms with Gasteiger partial charge in [-0.15, -0.1) is 0 Å². The van der Waals surface area contributed by atoms with E-state index in [0.717, 1.165) is 11.1 Å². The number of allylic oxidation sites excluding steroid dienone is 3. The van der Waals surface area contributed by atoms with E-state index in [9.17, 15) is 10.0 Å². The molecule has 1 unspecified atom stereocenters. The molecule has 1 aliphatic rings. The second-order valence-electron chi connectivity index (χ2n) is 4.10. The summed E-state index contributed by atoms with van der Waals surface area (Å²) < 4.78 is -0.599. The summed E-state index contributed by atoms with van der Waals surface area (Å²) in [6.45, 7) is 0. The van der Waals surface area contributed by atoms with Crippen LogP contribution in [0.5, 0.6) is 0 Å². The highest BCUT2D eigenvalue weighted by atomic mass is 32.2. The quantitative estimate of drug-likeness (QED) is 0.803. The van der Waals surface area contributed by atoms with Crippen LogP contribution in [0.25, 0.3) is 5.57 Å². The van der Waals surface area contributed by atoms with Crippen LogP contribution in [-0.2, 0) is 0 Å². The largest absolute Gasteiger partial charge is 0.473 e. The van der Waals surface area contributed by atoms with Gasteiger partial charge < -0.3 is 10.0 Å². The zero-order chi connectivity index (χ0) is 12.3. The first-order valence-corrected chi connectivity index (χ1v) is 6.76. The molecule has 1 atom stereocenters. The van der Waals surface area contributed by atoms with Crippen molar-refractivity contribution in [2.45, 2.75) is 11.1 Å². The van der Waals surface area contributed by atoms with Crippen LogP contribution in [0.2, 0.25) is 0 Å². The van der Waals surface area contributed by atoms with Crippen LogP contribution >= 0.6 is 11.8 Å². The summed E-state index contributed by atoms with van der Waals surface area (Å²) in [6, 6.07) is 10.1. The van der Waals surface area contributed by atoms with Gasteiger partial charge in [0.2, 0.25) is 0 Å². The SMILES string of the molecule is CSC1(B(O)O)C=CC(c2ccccc2)=CC1. The zero-order valence-corrected chi connectivity index (χ0v) is 10.5. The lowest BCUT2D eigenvalue weighted by Gasteiger charge is -2.29. The summed E-state index contributed by atoms with van der Waals surface area (Å²) in [5.74, 6) is 0. The normalized spacial score (nSPS) is 23.4. The molecule has 17 heavy (non-hydrogen) atoms. The average Bonchev–Trinajstić information content (AvgIpc) is 2.39. The number of thioether (sulfide) groups is 1. The first-order chi connectivity index (χ1) is 8.18. The lowest BCUT2D eigenvalue weighted by Crippen LogP contribution is -2.42. The van der Waals surface area contributed by atoms with Crippen molar-refractivity contribution >= 4 is 24.5 Å². The topological polar surface area (TPSA) is 40.5 Å². The van der Waals surface area contributed by atoms with Gasteiger partial charge in [-0.2, -0.15) is 11.8 Å². The van der Waals surface area contributed by atoms with Gasteiger partial charge in [-0.25, -0.2) is 0 Å². The molecule has 0 spiro atoms. The highest BCUT2D eigenvalue weighted by Gasteiger charge is 2.39. The van der Waals surface area contributed by atoms with Gasteiger partial charge in [-0.3, -0.25) is 0 Å². The third kappa shape index (κ3) is 2.49. The summed E-state index contributed by atoms with van der Waals surface area (Å²) in [5, 5.41) is 18.9. The minimum atomic E-state index is -1.33. The fraction of sp³-hybridized carbons (Fsp3) is 0.231. The van der Waals surface area contributed by atoms with E-state index in [1.54, 1.807) is 0 Å². The molecule has 0 fully saturated rings. The Balaban J connectivity index is 2.22. The highest BCUT2D eigenvalue weighted by molar-refractivity contribution is 8.01. The fourth-order valence-corrected chi connectivity index (χ4v) is 2.59. The van der Waals surface area contributed by atoms with E-state index in [2.05, 4.69) is 18.2 Å². The summed E-state index contributed by atoms with van der Waals surface area (Å²) in [5.41, 5.74) is 2.29. The molecule has 1 aliphatic carbocycles. The van der Waals surface area contributed by atoms with E-state index in [4.69, 9.17) is 0 Å². The summed E-state index contributed by atoms with van der Waals surface area (Å²) in [7, 11) is -1.33. The third-order valence-electron chi connectivity index (χ3n) is 3.11. The molecule has 2 rings (SSSR count). The molecule has 88 valence electrons. The van der Waals surface area contributed by atoms with E-state index in [0.29, 0.717) is 6.42 Å². The first kappa shape index (κ1) is 12.5. The molecule has 2 N–H and O–H groups in total. The van der Waals surface area contributed by atoms with Crippen LogP contribution < -0.4 is 0 Å².